The summed E-state index contributed by atoms with van der Waals surface area (Å²) in [7, 11) is 0. The molecular formula is C22H20F2N2OS. The normalized spacial score (nSPS) is 16.1. The standard InChI is InChI=1S/C22H20F2N2OS/c23-18-9-7-16(8-10-18)14-28-15-19-13-27-22(25-19)21-6-3-11-26(21)12-17-4-1-2-5-20(17)24/h1-11,19H,12-15H2/t19-/m0/s1. The molecule has 3 nitrogen and oxygen atoms in total. The molecule has 0 aliphatic carbocycles. The van der Waals surface area contributed by atoms with Crippen LogP contribution in [0.15, 0.2) is 71.9 Å². The van der Waals surface area contributed by atoms with Gasteiger partial charge in [-0.15, -0.1) is 0 Å². The SMILES string of the molecule is Fc1ccc(CSC[C@@H]2COC(c3cccn3Cc3ccccc3F)=N2)cc1. The molecule has 0 N–H and O–H groups in total. The summed E-state index contributed by atoms with van der Waals surface area (Å²) in [5.74, 6) is 1.81. The molecule has 3 aromatic rings. The minimum atomic E-state index is -0.217. The van der Waals surface area contributed by atoms with Gasteiger partial charge in [0, 0.05) is 23.3 Å². The number of ether oxygens (including phenoxy) is 1. The van der Waals surface area contributed by atoms with E-state index in [2.05, 4.69) is 0 Å². The molecule has 1 aliphatic heterocycles. The summed E-state index contributed by atoms with van der Waals surface area (Å²) in [6.45, 7) is 0.970. The van der Waals surface area contributed by atoms with Crippen molar-refractivity contribution in [1.29, 1.82) is 0 Å². The molecule has 0 radical (unpaired) electrons. The molecule has 0 bridgehead atoms. The van der Waals surface area contributed by atoms with Crippen LogP contribution in [0.4, 0.5) is 8.78 Å². The summed E-state index contributed by atoms with van der Waals surface area (Å²) in [6, 6.07) is 17.3. The number of rotatable bonds is 7. The van der Waals surface area contributed by atoms with Crippen molar-refractivity contribution < 1.29 is 13.5 Å². The molecular weight excluding hydrogens is 378 g/mol. The molecule has 0 spiro atoms. The third kappa shape index (κ3) is 4.44. The van der Waals surface area contributed by atoms with E-state index in [1.165, 1.54) is 18.2 Å². The Bertz CT molecular complexity index is 969. The van der Waals surface area contributed by atoms with Crippen molar-refractivity contribution in [2.45, 2.75) is 18.3 Å². The van der Waals surface area contributed by atoms with E-state index in [4.69, 9.17) is 9.73 Å². The monoisotopic (exact) mass is 398 g/mol. The first-order valence-electron chi connectivity index (χ1n) is 9.11. The van der Waals surface area contributed by atoms with Gasteiger partial charge >= 0.3 is 0 Å². The van der Waals surface area contributed by atoms with E-state index in [1.54, 1.807) is 36.0 Å². The first-order chi connectivity index (χ1) is 13.7. The number of aromatic nitrogens is 1. The van der Waals surface area contributed by atoms with Crippen LogP contribution in [0.2, 0.25) is 0 Å². The van der Waals surface area contributed by atoms with Crippen molar-refractivity contribution in [1.82, 2.24) is 4.57 Å². The largest absolute Gasteiger partial charge is 0.474 e. The highest BCUT2D eigenvalue weighted by atomic mass is 32.2. The van der Waals surface area contributed by atoms with Gasteiger partial charge in [0.2, 0.25) is 5.90 Å². The Balaban J connectivity index is 1.37. The second kappa shape index (κ2) is 8.61. The Morgan fingerprint density at radius 1 is 1.04 bits per heavy atom. The number of benzene rings is 2. The average Bonchev–Trinajstić information content (AvgIpc) is 3.34. The molecule has 2 aromatic carbocycles. The number of halogens is 2. The first kappa shape index (κ1) is 18.7. The Labute approximate surface area is 167 Å². The van der Waals surface area contributed by atoms with E-state index in [0.29, 0.717) is 24.6 Å². The molecule has 1 aromatic heterocycles. The summed E-state index contributed by atoms with van der Waals surface area (Å²) in [4.78, 5) is 4.70. The quantitative estimate of drug-likeness (QED) is 0.566. The van der Waals surface area contributed by atoms with Gasteiger partial charge in [-0.05, 0) is 35.9 Å². The van der Waals surface area contributed by atoms with Crippen LogP contribution in [0.5, 0.6) is 0 Å². The van der Waals surface area contributed by atoms with E-state index in [9.17, 15) is 8.78 Å². The van der Waals surface area contributed by atoms with Crippen LogP contribution in [0.25, 0.3) is 0 Å². The number of hydrogen-bond donors (Lipinski definition) is 0. The molecule has 0 fully saturated rings. The minimum absolute atomic E-state index is 0.0808. The van der Waals surface area contributed by atoms with Crippen molar-refractivity contribution in [3.8, 4) is 0 Å². The molecule has 0 saturated heterocycles. The maximum Gasteiger partial charge on any atom is 0.233 e. The average molecular weight is 398 g/mol. The van der Waals surface area contributed by atoms with Crippen molar-refractivity contribution in [2.75, 3.05) is 12.4 Å². The molecule has 0 saturated carbocycles. The smallest absolute Gasteiger partial charge is 0.233 e. The highest BCUT2D eigenvalue weighted by molar-refractivity contribution is 7.98. The lowest BCUT2D eigenvalue weighted by Gasteiger charge is -2.09. The molecule has 0 unspecified atom stereocenters. The van der Waals surface area contributed by atoms with E-state index in [1.807, 2.05) is 29.0 Å². The van der Waals surface area contributed by atoms with Crippen LogP contribution in [-0.4, -0.2) is 28.9 Å². The van der Waals surface area contributed by atoms with Crippen molar-refractivity contribution >= 4 is 17.7 Å². The van der Waals surface area contributed by atoms with Gasteiger partial charge < -0.3 is 9.30 Å². The predicted octanol–water partition coefficient (Wildman–Crippen LogP) is 4.89. The minimum Gasteiger partial charge on any atom is -0.474 e. The van der Waals surface area contributed by atoms with Gasteiger partial charge in [-0.2, -0.15) is 11.8 Å². The van der Waals surface area contributed by atoms with Gasteiger partial charge in [0.15, 0.2) is 0 Å². The number of hydrogen-bond acceptors (Lipinski definition) is 3. The molecule has 28 heavy (non-hydrogen) atoms. The zero-order chi connectivity index (χ0) is 19.3. The zero-order valence-electron chi connectivity index (χ0n) is 15.2. The number of thioether (sulfide) groups is 1. The van der Waals surface area contributed by atoms with Crippen molar-refractivity contribution in [2.24, 2.45) is 4.99 Å². The van der Waals surface area contributed by atoms with E-state index in [-0.39, 0.29) is 17.7 Å². The summed E-state index contributed by atoms with van der Waals surface area (Å²) in [5.41, 5.74) is 2.58. The number of aliphatic imine (C=N–C) groups is 1. The maximum absolute atomic E-state index is 14.0. The third-order valence-electron chi connectivity index (χ3n) is 4.55. The van der Waals surface area contributed by atoms with Crippen LogP contribution in [0.1, 0.15) is 16.8 Å². The van der Waals surface area contributed by atoms with E-state index in [0.717, 1.165) is 22.8 Å². The summed E-state index contributed by atoms with van der Waals surface area (Å²) >= 11 is 1.75. The fraction of sp³-hybridized carbons (Fsp3) is 0.227. The van der Waals surface area contributed by atoms with Gasteiger partial charge in [-0.3, -0.25) is 0 Å². The lowest BCUT2D eigenvalue weighted by atomic mass is 10.2. The van der Waals surface area contributed by atoms with Crippen LogP contribution >= 0.6 is 11.8 Å². The molecule has 4 rings (SSSR count). The fourth-order valence-corrected chi connectivity index (χ4v) is 4.08. The van der Waals surface area contributed by atoms with E-state index < -0.39 is 0 Å². The molecule has 0 amide bonds. The van der Waals surface area contributed by atoms with Crippen LogP contribution in [-0.2, 0) is 17.0 Å². The topological polar surface area (TPSA) is 26.5 Å². The molecule has 1 atom stereocenters. The number of nitrogens with zero attached hydrogens (tertiary/aromatic N) is 2. The van der Waals surface area contributed by atoms with Gasteiger partial charge in [0.05, 0.1) is 12.6 Å². The highest BCUT2D eigenvalue weighted by Gasteiger charge is 2.22. The second-order valence-corrected chi connectivity index (χ2v) is 7.68. The Morgan fingerprint density at radius 2 is 1.86 bits per heavy atom. The Kier molecular flexibility index (Phi) is 5.76. The predicted molar refractivity (Wildman–Crippen MR) is 109 cm³/mol. The lowest BCUT2D eigenvalue weighted by molar-refractivity contribution is 0.323. The molecule has 144 valence electrons. The lowest BCUT2D eigenvalue weighted by Crippen LogP contribution is -2.11. The molecule has 2 heterocycles. The van der Waals surface area contributed by atoms with Gasteiger partial charge in [0.25, 0.3) is 0 Å². The Hall–Kier alpha value is -2.60. The van der Waals surface area contributed by atoms with E-state index >= 15 is 0 Å². The van der Waals surface area contributed by atoms with Gasteiger partial charge in [0.1, 0.15) is 23.9 Å². The van der Waals surface area contributed by atoms with Crippen LogP contribution in [0.3, 0.4) is 0 Å². The zero-order valence-corrected chi connectivity index (χ0v) is 16.0. The third-order valence-corrected chi connectivity index (χ3v) is 5.71. The first-order valence-corrected chi connectivity index (χ1v) is 10.3. The van der Waals surface area contributed by atoms with Gasteiger partial charge in [-0.1, -0.05) is 30.3 Å². The summed E-state index contributed by atoms with van der Waals surface area (Å²) < 4.78 is 34.7. The summed E-state index contributed by atoms with van der Waals surface area (Å²) in [6.07, 6.45) is 1.91. The maximum atomic E-state index is 14.0. The molecule has 1 aliphatic rings. The fourth-order valence-electron chi connectivity index (χ4n) is 3.09. The molecule has 6 heteroatoms. The van der Waals surface area contributed by atoms with Crippen LogP contribution < -0.4 is 0 Å². The summed E-state index contributed by atoms with van der Waals surface area (Å²) in [5, 5.41) is 0. The van der Waals surface area contributed by atoms with Crippen LogP contribution in [0, 0.1) is 11.6 Å². The van der Waals surface area contributed by atoms with Crippen molar-refractivity contribution in [3.05, 3.63) is 95.3 Å². The second-order valence-electron chi connectivity index (χ2n) is 6.65. The van der Waals surface area contributed by atoms with Crippen molar-refractivity contribution in [3.63, 3.8) is 0 Å². The van der Waals surface area contributed by atoms with Gasteiger partial charge in [-0.25, -0.2) is 13.8 Å². The Morgan fingerprint density at radius 3 is 2.68 bits per heavy atom. The highest BCUT2D eigenvalue weighted by Crippen LogP contribution is 2.20.